The Hall–Kier alpha value is -3.77. The number of carboxylic acid groups (broad SMARTS) is 8. The third kappa shape index (κ3) is 102000. The molecule has 5 N–H and O–H groups in total. The van der Waals surface area contributed by atoms with E-state index in [2.05, 4.69) is 9.78 Å². The van der Waals surface area contributed by atoms with Crippen LogP contribution in [0.15, 0.2) is 0 Å². The van der Waals surface area contributed by atoms with E-state index in [1.165, 1.54) is 0 Å². The van der Waals surface area contributed by atoms with Crippen molar-refractivity contribution in [2.24, 2.45) is 0 Å². The molecule has 0 aromatic heterocycles. The van der Waals surface area contributed by atoms with Crippen molar-refractivity contribution in [1.29, 1.82) is 0 Å². The monoisotopic (exact) mass is 369 g/mol. The van der Waals surface area contributed by atoms with Gasteiger partial charge in [-0.3, -0.25) is 0 Å². The minimum Gasteiger partial charge on any atom is -0.659 e. The molecule has 0 rings (SSSR count). The molecule has 0 saturated carbocycles. The number of hydrogen-bond donors (Lipinski definition) is 3. The van der Waals surface area contributed by atoms with Gasteiger partial charge in [0.1, 0.15) is 0 Å². The summed E-state index contributed by atoms with van der Waals surface area (Å²) in [4.78, 5) is 47.6. The first-order chi connectivity index (χ1) is 9.74. The zero-order valence-electron chi connectivity index (χ0n) is 10.1. The van der Waals surface area contributed by atoms with Crippen molar-refractivity contribution < 1.29 is 90.6 Å². The van der Waals surface area contributed by atoms with E-state index in [1.54, 1.807) is 0 Å². The van der Waals surface area contributed by atoms with Crippen LogP contribution < -0.4 is 36.0 Å². The van der Waals surface area contributed by atoms with Crippen LogP contribution in [-0.4, -0.2) is 51.6 Å². The lowest BCUT2D eigenvalue weighted by molar-refractivity contribution is -0.657. The molecule has 0 aliphatic heterocycles. The molecule has 0 amide bonds. The lowest BCUT2D eigenvalue weighted by atomic mass is 11.5. The molecule has 0 saturated heterocycles. The number of carbonyl (C=O) groups is 5. The van der Waals surface area contributed by atoms with Gasteiger partial charge >= 0.3 is 12.3 Å². The highest BCUT2D eigenvalue weighted by Crippen LogP contribution is 1.55. The van der Waals surface area contributed by atoms with Gasteiger partial charge in [-0.1, -0.05) is 7.43 Å². The highest BCUT2D eigenvalue weighted by atomic mass is 17.1. The van der Waals surface area contributed by atoms with Crippen LogP contribution in [-0.2, 0) is 9.78 Å². The Bertz CT molecular complexity index is 265. The average molecular weight is 369 g/mol. The molecular formula is C6H9O18-7. The molecule has 0 heterocycles. The number of rotatable bonds is 0. The van der Waals surface area contributed by atoms with Crippen molar-refractivity contribution >= 4 is 30.8 Å². The summed E-state index contributed by atoms with van der Waals surface area (Å²) >= 11 is 0. The Kier molecular flexibility index (Phi) is 65.0. The molecule has 0 fully saturated rings. The van der Waals surface area contributed by atoms with Gasteiger partial charge < -0.3 is 81.0 Å². The molecule has 18 heteroatoms. The maximum atomic E-state index is 8.83. The van der Waals surface area contributed by atoms with E-state index in [-0.39, 0.29) is 12.9 Å². The van der Waals surface area contributed by atoms with Gasteiger partial charge in [-0.15, -0.1) is 0 Å². The molecule has 148 valence electrons. The first-order valence-corrected chi connectivity index (χ1v) is 3.45. The van der Waals surface area contributed by atoms with E-state index < -0.39 is 30.8 Å². The molecule has 0 spiro atoms. The fourth-order valence-electron chi connectivity index (χ4n) is 0. The summed E-state index contributed by atoms with van der Waals surface area (Å²) in [6.45, 7) is 0. The largest absolute Gasteiger partial charge is 0.659 e. The summed E-state index contributed by atoms with van der Waals surface area (Å²) in [5.41, 5.74) is 0. The van der Waals surface area contributed by atoms with Crippen LogP contribution in [0, 0.1) is 0 Å². The van der Waals surface area contributed by atoms with Gasteiger partial charge in [0.15, 0.2) is 0 Å². The second kappa shape index (κ2) is 36.5. The Labute approximate surface area is 130 Å². The molecule has 0 radical (unpaired) electrons. The van der Waals surface area contributed by atoms with Crippen molar-refractivity contribution in [1.82, 2.24) is 0 Å². The third-order valence-corrected chi connectivity index (χ3v) is 0.143. The van der Waals surface area contributed by atoms with Gasteiger partial charge in [0, 0.05) is 0 Å². The lowest BCUT2D eigenvalue weighted by Gasteiger charge is -1.96. The smallest absolute Gasteiger partial charge is 0.499 e. The Balaban J connectivity index is -0.0000000296. The average Bonchev–Trinajstić information content (AvgIpc) is 2.27. The SMILES string of the molecule is C.O.O=C(O)O[O-].O=C(O)O[O-].O=C([O-])O.O=C([O-])[O-].O=C([O-])[O-]. The minimum atomic E-state index is -2.33. The van der Waals surface area contributed by atoms with Gasteiger partial charge in [0.2, 0.25) is 6.16 Å². The van der Waals surface area contributed by atoms with E-state index in [0.29, 0.717) is 0 Å². The summed E-state index contributed by atoms with van der Waals surface area (Å²) in [6.07, 6.45) is -10.4. The van der Waals surface area contributed by atoms with Crippen molar-refractivity contribution in [3.8, 4) is 0 Å². The van der Waals surface area contributed by atoms with Crippen molar-refractivity contribution in [3.05, 3.63) is 0 Å². The molecule has 18 nitrogen and oxygen atoms in total. The predicted molar refractivity (Wildman–Crippen MR) is 47.4 cm³/mol. The number of hydrogen-bond acceptors (Lipinski definition) is 14. The van der Waals surface area contributed by atoms with E-state index >= 15 is 0 Å². The van der Waals surface area contributed by atoms with Crippen LogP contribution in [0.3, 0.4) is 0 Å². The second-order valence-electron chi connectivity index (χ2n) is 1.46. The molecule has 0 aromatic rings. The topological polar surface area (TPSA) is 357 Å². The van der Waals surface area contributed by atoms with Crippen LogP contribution in [0.5, 0.6) is 0 Å². The van der Waals surface area contributed by atoms with Crippen LogP contribution in [0.1, 0.15) is 7.43 Å². The van der Waals surface area contributed by atoms with Gasteiger partial charge in [-0.25, -0.2) is 9.59 Å². The third-order valence-electron chi connectivity index (χ3n) is 0.143. The summed E-state index contributed by atoms with van der Waals surface area (Å²) in [6, 6.07) is 0. The van der Waals surface area contributed by atoms with Crippen molar-refractivity contribution in [2.75, 3.05) is 0 Å². The van der Waals surface area contributed by atoms with E-state index in [4.69, 9.17) is 75.3 Å². The summed E-state index contributed by atoms with van der Waals surface area (Å²) < 4.78 is 0. The lowest BCUT2D eigenvalue weighted by Crippen LogP contribution is -2.37. The molecule has 0 atom stereocenters. The zero-order chi connectivity index (χ0) is 19.3. The first kappa shape index (κ1) is 42.7. The summed E-state index contributed by atoms with van der Waals surface area (Å²) in [5.74, 6) is 0. The van der Waals surface area contributed by atoms with Crippen LogP contribution in [0.4, 0.5) is 24.0 Å². The van der Waals surface area contributed by atoms with E-state index in [1.807, 2.05) is 0 Å². The zero-order valence-corrected chi connectivity index (χ0v) is 10.1. The fourth-order valence-corrected chi connectivity index (χ4v) is 0. The fraction of sp³-hybridized carbons (Fsp3) is 0.167. The standard InChI is InChI=1S/2CH2O4.3CH2O3.CH4.H2O/c2*2-1(3)5-4;3*2-1(3)4;;/h2*4H,(H,2,3);3*(H2,2,3,4);1H4;1H2/p-7. The van der Waals surface area contributed by atoms with Crippen LogP contribution >= 0.6 is 0 Å². The van der Waals surface area contributed by atoms with E-state index in [0.717, 1.165) is 0 Å². The first-order valence-electron chi connectivity index (χ1n) is 3.45. The molecule has 0 aliphatic carbocycles. The Morgan fingerprint density at radius 3 is 0.667 bits per heavy atom. The number of carbonyl (C=O) groups excluding carboxylic acids is 2. The summed E-state index contributed by atoms with van der Waals surface area (Å²) in [5, 5.41) is 80.1. The van der Waals surface area contributed by atoms with Gasteiger partial charge in [-0.05, 0) is 12.3 Å². The van der Waals surface area contributed by atoms with Gasteiger partial charge in [0.05, 0.1) is 0 Å². The van der Waals surface area contributed by atoms with Gasteiger partial charge in [0.25, 0.3) is 0 Å². The van der Waals surface area contributed by atoms with E-state index in [9.17, 15) is 0 Å². The normalized spacial score (nSPS) is 5.75. The quantitative estimate of drug-likeness (QED) is 0.263. The van der Waals surface area contributed by atoms with Crippen LogP contribution in [0.25, 0.3) is 0 Å². The minimum absolute atomic E-state index is 0. The predicted octanol–water partition coefficient (Wildman–Crippen LogP) is -8.28. The molecule has 0 aromatic carbocycles. The molecular weight excluding hydrogens is 360 g/mol. The molecule has 0 aliphatic rings. The van der Waals surface area contributed by atoms with Crippen molar-refractivity contribution in [2.45, 2.75) is 7.43 Å². The molecule has 0 unspecified atom stereocenters. The van der Waals surface area contributed by atoms with Crippen LogP contribution in [0.2, 0.25) is 0 Å². The highest BCUT2D eigenvalue weighted by Gasteiger charge is 1.76. The maximum Gasteiger partial charge on any atom is 0.499 e. The second-order valence-corrected chi connectivity index (χ2v) is 1.46. The highest BCUT2D eigenvalue weighted by molar-refractivity contribution is 5.55. The Morgan fingerprint density at radius 2 is 0.667 bits per heavy atom. The van der Waals surface area contributed by atoms with Gasteiger partial charge in [-0.2, -0.15) is 0 Å². The molecule has 0 bridgehead atoms. The molecule has 24 heavy (non-hydrogen) atoms. The Morgan fingerprint density at radius 1 is 0.625 bits per heavy atom. The van der Waals surface area contributed by atoms with Crippen molar-refractivity contribution in [3.63, 3.8) is 0 Å². The summed E-state index contributed by atoms with van der Waals surface area (Å²) in [7, 11) is 0. The maximum absolute atomic E-state index is 8.83.